The first-order valence-corrected chi connectivity index (χ1v) is 13.4. The third-order valence-electron chi connectivity index (χ3n) is 10.9. The van der Waals surface area contributed by atoms with Gasteiger partial charge in [-0.3, -0.25) is 4.79 Å². The predicted molar refractivity (Wildman–Crippen MR) is 134 cm³/mol. The molecule has 0 aliphatic heterocycles. The Morgan fingerprint density at radius 1 is 1.03 bits per heavy atom. The minimum atomic E-state index is 0.217. The monoisotopic (exact) mass is 426 g/mol. The van der Waals surface area contributed by atoms with Crippen LogP contribution in [0.1, 0.15) is 112 Å². The Balaban J connectivity index is 1.81. The van der Waals surface area contributed by atoms with E-state index in [1.165, 1.54) is 69.8 Å². The Morgan fingerprint density at radius 3 is 2.42 bits per heavy atom. The highest BCUT2D eigenvalue weighted by molar-refractivity contribution is 5.66. The van der Waals surface area contributed by atoms with Gasteiger partial charge in [0.25, 0.3) is 0 Å². The van der Waals surface area contributed by atoms with Crippen molar-refractivity contribution in [2.75, 3.05) is 0 Å². The molecule has 0 radical (unpaired) electrons. The molecule has 31 heavy (non-hydrogen) atoms. The lowest BCUT2D eigenvalue weighted by Gasteiger charge is -2.63. The van der Waals surface area contributed by atoms with Crippen molar-refractivity contribution in [3.63, 3.8) is 0 Å². The Hall–Kier alpha value is -0.850. The zero-order chi connectivity index (χ0) is 22.9. The van der Waals surface area contributed by atoms with Gasteiger partial charge < -0.3 is 0 Å². The highest BCUT2D eigenvalue weighted by atomic mass is 16.1. The van der Waals surface area contributed by atoms with Crippen molar-refractivity contribution >= 4 is 6.29 Å². The van der Waals surface area contributed by atoms with Crippen LogP contribution < -0.4 is 0 Å². The van der Waals surface area contributed by atoms with Crippen molar-refractivity contribution in [2.24, 2.45) is 45.8 Å². The van der Waals surface area contributed by atoms with E-state index in [0.717, 1.165) is 36.4 Å². The number of fused-ring (bicyclic) bond motifs is 3. The molecular formula is C30H50O. The Bertz CT molecular complexity index is 676. The predicted octanol–water partition coefficient (Wildman–Crippen LogP) is 8.79. The van der Waals surface area contributed by atoms with Crippen molar-refractivity contribution in [1.29, 1.82) is 0 Å². The van der Waals surface area contributed by atoms with Gasteiger partial charge in [0.05, 0.1) is 0 Å². The number of hydrogen-bond donors (Lipinski definition) is 0. The second kappa shape index (κ2) is 9.56. The standard InChI is InChI=1S/C30H50O/c1-8-18-28(5)24(17-21-31)15-19-30(7)26-14-13-25(29(26,6)20-16-27(28)30)23(4)12-10-11-22(3)9-2/h9,17,21-23,25-27H,2,8,10-16,18-20H2,1,3-7H3/b24-17-. The largest absolute Gasteiger partial charge is 0.299 e. The number of aldehydes is 1. The molecule has 0 saturated heterocycles. The van der Waals surface area contributed by atoms with Crippen molar-refractivity contribution < 1.29 is 4.79 Å². The fourth-order valence-corrected chi connectivity index (χ4v) is 9.27. The van der Waals surface area contributed by atoms with Crippen LogP contribution in [0.5, 0.6) is 0 Å². The van der Waals surface area contributed by atoms with Crippen molar-refractivity contribution in [1.82, 2.24) is 0 Å². The van der Waals surface area contributed by atoms with E-state index in [4.69, 9.17) is 0 Å². The zero-order valence-corrected chi connectivity index (χ0v) is 21.5. The molecule has 0 heterocycles. The topological polar surface area (TPSA) is 17.1 Å². The zero-order valence-electron chi connectivity index (χ0n) is 21.5. The summed E-state index contributed by atoms with van der Waals surface area (Å²) < 4.78 is 0. The van der Waals surface area contributed by atoms with Crippen molar-refractivity contribution in [3.8, 4) is 0 Å². The summed E-state index contributed by atoms with van der Waals surface area (Å²) in [5, 5.41) is 0. The van der Waals surface area contributed by atoms with E-state index in [0.29, 0.717) is 16.7 Å². The molecule has 0 bridgehead atoms. The SMILES string of the molecule is C=CC(C)CCCC(C)C1CCC2C1(C)CCC1C(C)(CCC)/C(=C\C=O)CCC12C. The highest BCUT2D eigenvalue weighted by Crippen LogP contribution is 2.72. The first kappa shape index (κ1) is 24.8. The van der Waals surface area contributed by atoms with E-state index in [1.807, 2.05) is 6.08 Å². The van der Waals surface area contributed by atoms with Crippen LogP contribution in [0.25, 0.3) is 0 Å². The number of carbonyl (C=O) groups is 1. The van der Waals surface area contributed by atoms with Gasteiger partial charge in [-0.05, 0) is 103 Å². The molecule has 0 amide bonds. The number of rotatable bonds is 9. The molecule has 3 saturated carbocycles. The van der Waals surface area contributed by atoms with Gasteiger partial charge in [-0.1, -0.05) is 72.5 Å². The molecule has 0 aromatic heterocycles. The maximum absolute atomic E-state index is 11.4. The van der Waals surface area contributed by atoms with Crippen LogP contribution >= 0.6 is 0 Å². The molecule has 3 rings (SSSR count). The summed E-state index contributed by atoms with van der Waals surface area (Å²) in [6.07, 6.45) is 19.6. The first-order valence-electron chi connectivity index (χ1n) is 13.4. The van der Waals surface area contributed by atoms with Crippen molar-refractivity contribution in [2.45, 2.75) is 112 Å². The first-order chi connectivity index (χ1) is 14.7. The molecule has 0 spiro atoms. The third kappa shape index (κ3) is 4.24. The van der Waals surface area contributed by atoms with Gasteiger partial charge in [0.2, 0.25) is 0 Å². The van der Waals surface area contributed by atoms with Gasteiger partial charge in [-0.2, -0.15) is 0 Å². The van der Waals surface area contributed by atoms with Gasteiger partial charge >= 0.3 is 0 Å². The summed E-state index contributed by atoms with van der Waals surface area (Å²) >= 11 is 0. The van der Waals surface area contributed by atoms with Crippen LogP contribution in [0.2, 0.25) is 0 Å². The summed E-state index contributed by atoms with van der Waals surface area (Å²) in [4.78, 5) is 11.4. The molecule has 1 heteroatoms. The molecule has 8 unspecified atom stereocenters. The van der Waals surface area contributed by atoms with Gasteiger partial charge in [0, 0.05) is 0 Å². The lowest BCUT2D eigenvalue weighted by molar-refractivity contribution is -0.120. The van der Waals surface area contributed by atoms with Crippen LogP contribution in [0.4, 0.5) is 0 Å². The molecule has 8 atom stereocenters. The van der Waals surface area contributed by atoms with Gasteiger partial charge in [-0.15, -0.1) is 6.58 Å². The second-order valence-corrected chi connectivity index (χ2v) is 12.5. The lowest BCUT2D eigenvalue weighted by Crippen LogP contribution is -2.56. The molecule has 0 aromatic rings. The Labute approximate surface area is 193 Å². The molecule has 0 N–H and O–H groups in total. The van der Waals surface area contributed by atoms with Gasteiger partial charge in [-0.25, -0.2) is 0 Å². The molecule has 3 fully saturated rings. The quantitative estimate of drug-likeness (QED) is 0.204. The van der Waals surface area contributed by atoms with Crippen LogP contribution in [0.3, 0.4) is 0 Å². The summed E-state index contributed by atoms with van der Waals surface area (Å²) in [5.41, 5.74) is 2.61. The van der Waals surface area contributed by atoms with Crippen LogP contribution in [0.15, 0.2) is 24.3 Å². The van der Waals surface area contributed by atoms with E-state index in [9.17, 15) is 4.79 Å². The van der Waals surface area contributed by atoms with E-state index in [-0.39, 0.29) is 5.41 Å². The minimum Gasteiger partial charge on any atom is -0.299 e. The van der Waals surface area contributed by atoms with E-state index >= 15 is 0 Å². The summed E-state index contributed by atoms with van der Waals surface area (Å²) in [6, 6.07) is 0. The average Bonchev–Trinajstić information content (AvgIpc) is 3.09. The smallest absolute Gasteiger partial charge is 0.142 e. The van der Waals surface area contributed by atoms with Crippen LogP contribution in [-0.2, 0) is 4.79 Å². The molecular weight excluding hydrogens is 376 g/mol. The van der Waals surface area contributed by atoms with Gasteiger partial charge in [0.15, 0.2) is 0 Å². The molecule has 1 nitrogen and oxygen atoms in total. The van der Waals surface area contributed by atoms with Crippen molar-refractivity contribution in [3.05, 3.63) is 24.3 Å². The van der Waals surface area contributed by atoms with E-state index < -0.39 is 0 Å². The summed E-state index contributed by atoms with van der Waals surface area (Å²) in [6.45, 7) is 19.0. The molecule has 3 aliphatic rings. The summed E-state index contributed by atoms with van der Waals surface area (Å²) in [5.74, 6) is 3.97. The maximum atomic E-state index is 11.4. The lowest BCUT2D eigenvalue weighted by atomic mass is 9.41. The number of carbonyl (C=O) groups excluding carboxylic acids is 1. The second-order valence-electron chi connectivity index (χ2n) is 12.5. The van der Waals surface area contributed by atoms with Crippen LogP contribution in [0, 0.1) is 45.8 Å². The highest BCUT2D eigenvalue weighted by Gasteiger charge is 2.63. The van der Waals surface area contributed by atoms with Crippen LogP contribution in [-0.4, -0.2) is 6.29 Å². The van der Waals surface area contributed by atoms with E-state index in [1.54, 1.807) is 0 Å². The molecule has 176 valence electrons. The fraction of sp³-hybridized carbons (Fsp3) is 0.833. The molecule has 3 aliphatic carbocycles. The third-order valence-corrected chi connectivity index (χ3v) is 10.9. The normalized spacial score (nSPS) is 43.2. The number of hydrogen-bond acceptors (Lipinski definition) is 1. The number of allylic oxidation sites excluding steroid dienone is 3. The summed E-state index contributed by atoms with van der Waals surface area (Å²) in [7, 11) is 0. The van der Waals surface area contributed by atoms with E-state index in [2.05, 4.69) is 54.2 Å². The van der Waals surface area contributed by atoms with Gasteiger partial charge in [0.1, 0.15) is 6.29 Å². The Kier molecular flexibility index (Phi) is 7.65. The Morgan fingerprint density at radius 2 is 1.77 bits per heavy atom. The fourth-order valence-electron chi connectivity index (χ4n) is 9.27. The maximum Gasteiger partial charge on any atom is 0.142 e. The minimum absolute atomic E-state index is 0.217. The average molecular weight is 427 g/mol. The molecule has 0 aromatic carbocycles.